The number of sulfone groups is 1. The summed E-state index contributed by atoms with van der Waals surface area (Å²) in [5.74, 6) is 0.00991. The molecule has 0 radical (unpaired) electrons. The lowest BCUT2D eigenvalue weighted by atomic mass is 10.0. The summed E-state index contributed by atoms with van der Waals surface area (Å²) in [7, 11) is -1.60. The highest BCUT2D eigenvalue weighted by Gasteiger charge is 2.22. The summed E-state index contributed by atoms with van der Waals surface area (Å²) in [6.07, 6.45) is 0. The van der Waals surface area contributed by atoms with Gasteiger partial charge in [-0.3, -0.25) is 0 Å². The third kappa shape index (κ3) is 3.84. The van der Waals surface area contributed by atoms with E-state index in [9.17, 15) is 8.42 Å². The van der Waals surface area contributed by atoms with E-state index in [0.29, 0.717) is 9.92 Å². The minimum absolute atomic E-state index is 0.00991. The molecule has 3 nitrogen and oxygen atoms in total. The van der Waals surface area contributed by atoms with Crippen LogP contribution in [-0.4, -0.2) is 21.2 Å². The maximum atomic E-state index is 12.5. The van der Waals surface area contributed by atoms with Gasteiger partial charge in [0.15, 0.2) is 9.84 Å². The fourth-order valence-corrected chi connectivity index (χ4v) is 3.92. The zero-order chi connectivity index (χ0) is 15.5. The number of halogens is 1. The van der Waals surface area contributed by atoms with Gasteiger partial charge in [-0.05, 0) is 49.4 Å². The summed E-state index contributed by atoms with van der Waals surface area (Å²) >= 11 is 5.80. The maximum absolute atomic E-state index is 12.5. The van der Waals surface area contributed by atoms with Gasteiger partial charge in [0.25, 0.3) is 0 Å². The van der Waals surface area contributed by atoms with Crippen LogP contribution >= 0.6 is 11.6 Å². The summed E-state index contributed by atoms with van der Waals surface area (Å²) < 4.78 is 25.0. The van der Waals surface area contributed by atoms with Crippen molar-refractivity contribution >= 4 is 21.4 Å². The van der Waals surface area contributed by atoms with Crippen LogP contribution in [0, 0.1) is 6.92 Å². The second-order valence-corrected chi connectivity index (χ2v) is 7.40. The minimum atomic E-state index is -3.37. The van der Waals surface area contributed by atoms with Gasteiger partial charge in [0.05, 0.1) is 10.6 Å². The maximum Gasteiger partial charge on any atom is 0.180 e. The molecule has 0 aromatic heterocycles. The second-order valence-electron chi connectivity index (χ2n) is 4.93. The van der Waals surface area contributed by atoms with E-state index in [0.717, 1.165) is 11.1 Å². The number of aryl methyl sites for hydroxylation is 1. The summed E-state index contributed by atoms with van der Waals surface area (Å²) in [5.41, 5.74) is 2.07. The lowest BCUT2D eigenvalue weighted by Gasteiger charge is -2.19. The number of hydrogen-bond acceptors (Lipinski definition) is 3. The molecule has 0 saturated heterocycles. The number of benzene rings is 2. The summed E-state index contributed by atoms with van der Waals surface area (Å²) in [4.78, 5) is 0.292. The zero-order valence-corrected chi connectivity index (χ0v) is 13.6. The summed E-state index contributed by atoms with van der Waals surface area (Å²) in [6.45, 7) is 1.98. The molecule has 1 unspecified atom stereocenters. The van der Waals surface area contributed by atoms with Crippen molar-refractivity contribution in [2.75, 3.05) is 12.8 Å². The molecule has 2 rings (SSSR count). The molecule has 2 aromatic carbocycles. The summed E-state index contributed by atoms with van der Waals surface area (Å²) in [6, 6.07) is 13.8. The van der Waals surface area contributed by atoms with Gasteiger partial charge in [-0.15, -0.1) is 0 Å². The molecule has 21 heavy (non-hydrogen) atoms. The van der Waals surface area contributed by atoms with Gasteiger partial charge >= 0.3 is 0 Å². The van der Waals surface area contributed by atoms with Gasteiger partial charge in [-0.2, -0.15) is 0 Å². The van der Waals surface area contributed by atoms with Crippen LogP contribution in [0.2, 0.25) is 5.02 Å². The van der Waals surface area contributed by atoms with Crippen LogP contribution in [0.25, 0.3) is 0 Å². The van der Waals surface area contributed by atoms with E-state index in [1.54, 1.807) is 31.3 Å². The first-order valence-electron chi connectivity index (χ1n) is 6.65. The largest absolute Gasteiger partial charge is 0.312 e. The van der Waals surface area contributed by atoms with Crippen molar-refractivity contribution in [2.24, 2.45) is 0 Å². The van der Waals surface area contributed by atoms with Crippen molar-refractivity contribution in [3.63, 3.8) is 0 Å². The number of nitrogens with one attached hydrogen (secondary N) is 1. The number of hydrogen-bond donors (Lipinski definition) is 1. The van der Waals surface area contributed by atoms with Crippen molar-refractivity contribution < 1.29 is 8.42 Å². The van der Waals surface area contributed by atoms with Gasteiger partial charge < -0.3 is 5.32 Å². The predicted octanol–water partition coefficient (Wildman–Crippen LogP) is 3.38. The molecule has 0 aliphatic carbocycles. The first-order valence-corrected chi connectivity index (χ1v) is 8.68. The van der Waals surface area contributed by atoms with Crippen LogP contribution in [0.15, 0.2) is 53.4 Å². The Kier molecular flexibility index (Phi) is 5.04. The normalized spacial score (nSPS) is 13.1. The highest BCUT2D eigenvalue weighted by Crippen LogP contribution is 2.23. The Labute approximate surface area is 130 Å². The average molecular weight is 324 g/mol. The lowest BCUT2D eigenvalue weighted by Crippen LogP contribution is -2.26. The molecule has 112 valence electrons. The lowest BCUT2D eigenvalue weighted by molar-refractivity contribution is 0.573. The van der Waals surface area contributed by atoms with E-state index in [2.05, 4.69) is 5.32 Å². The van der Waals surface area contributed by atoms with Gasteiger partial charge in [0.1, 0.15) is 0 Å². The molecule has 0 bridgehead atoms. The van der Waals surface area contributed by atoms with Crippen molar-refractivity contribution in [3.8, 4) is 0 Å². The van der Waals surface area contributed by atoms with E-state index in [4.69, 9.17) is 11.6 Å². The Balaban J connectivity index is 2.30. The molecule has 0 amide bonds. The summed E-state index contributed by atoms with van der Waals surface area (Å²) in [5, 5.41) is 3.62. The molecule has 2 aromatic rings. The Hall–Kier alpha value is -1.36. The van der Waals surface area contributed by atoms with Crippen LogP contribution in [0.1, 0.15) is 17.2 Å². The third-order valence-electron chi connectivity index (χ3n) is 3.47. The fourth-order valence-electron chi connectivity index (χ4n) is 2.26. The highest BCUT2D eigenvalue weighted by molar-refractivity contribution is 7.91. The van der Waals surface area contributed by atoms with Crippen LogP contribution in [0.5, 0.6) is 0 Å². The zero-order valence-electron chi connectivity index (χ0n) is 12.0. The van der Waals surface area contributed by atoms with Gasteiger partial charge in [-0.1, -0.05) is 35.9 Å². The molecule has 0 aliphatic heterocycles. The van der Waals surface area contributed by atoms with Crippen LogP contribution < -0.4 is 5.32 Å². The van der Waals surface area contributed by atoms with E-state index in [-0.39, 0.29) is 11.8 Å². The van der Waals surface area contributed by atoms with E-state index in [1.165, 1.54) is 0 Å². The van der Waals surface area contributed by atoms with Crippen LogP contribution in [-0.2, 0) is 9.84 Å². The Bertz CT molecular complexity index is 711. The molecule has 0 heterocycles. The average Bonchev–Trinajstić information content (AvgIpc) is 2.46. The Morgan fingerprint density at radius 2 is 1.71 bits per heavy atom. The van der Waals surface area contributed by atoms with Crippen molar-refractivity contribution in [2.45, 2.75) is 17.9 Å². The smallest absolute Gasteiger partial charge is 0.180 e. The fraction of sp³-hybridized carbons (Fsp3) is 0.250. The third-order valence-corrected chi connectivity index (χ3v) is 5.49. The van der Waals surface area contributed by atoms with Crippen molar-refractivity contribution in [1.82, 2.24) is 5.32 Å². The van der Waals surface area contributed by atoms with Gasteiger partial charge in [-0.25, -0.2) is 8.42 Å². The van der Waals surface area contributed by atoms with Crippen LogP contribution in [0.4, 0.5) is 0 Å². The molecule has 1 N–H and O–H groups in total. The first kappa shape index (κ1) is 16.0. The SMILES string of the molecule is CNC(CS(=O)(=O)c1ccc(Cl)cc1)c1ccccc1C. The van der Waals surface area contributed by atoms with Gasteiger partial charge in [0, 0.05) is 11.1 Å². The van der Waals surface area contributed by atoms with E-state index >= 15 is 0 Å². The Morgan fingerprint density at radius 3 is 2.29 bits per heavy atom. The monoisotopic (exact) mass is 323 g/mol. The molecule has 0 spiro atoms. The van der Waals surface area contributed by atoms with Crippen LogP contribution in [0.3, 0.4) is 0 Å². The molecule has 5 heteroatoms. The van der Waals surface area contributed by atoms with Gasteiger partial charge in [0.2, 0.25) is 0 Å². The standard InChI is InChI=1S/C16H18ClNO2S/c1-12-5-3-4-6-15(12)16(18-2)11-21(19,20)14-9-7-13(17)8-10-14/h3-10,16,18H,11H2,1-2H3. The molecule has 1 atom stereocenters. The number of rotatable bonds is 5. The molecule has 0 fully saturated rings. The topological polar surface area (TPSA) is 46.2 Å². The Morgan fingerprint density at radius 1 is 1.10 bits per heavy atom. The van der Waals surface area contributed by atoms with Crippen molar-refractivity contribution in [1.29, 1.82) is 0 Å². The predicted molar refractivity (Wildman–Crippen MR) is 86.5 cm³/mol. The molecule has 0 aliphatic rings. The molecule has 0 saturated carbocycles. The van der Waals surface area contributed by atoms with E-state index < -0.39 is 9.84 Å². The van der Waals surface area contributed by atoms with E-state index in [1.807, 2.05) is 31.2 Å². The first-order chi connectivity index (χ1) is 9.94. The molecular formula is C16H18ClNO2S. The van der Waals surface area contributed by atoms with Crippen molar-refractivity contribution in [3.05, 3.63) is 64.7 Å². The molecular weight excluding hydrogens is 306 g/mol. The highest BCUT2D eigenvalue weighted by atomic mass is 35.5. The quantitative estimate of drug-likeness (QED) is 0.917. The minimum Gasteiger partial charge on any atom is -0.312 e. The second kappa shape index (κ2) is 6.60.